The molecule has 1 rings (SSSR count). The number of hydrogen-bond acceptors (Lipinski definition) is 3. The summed E-state index contributed by atoms with van der Waals surface area (Å²) >= 11 is 0. The highest BCUT2D eigenvalue weighted by atomic mass is 16.4. The van der Waals surface area contributed by atoms with Crippen LogP contribution in [0, 0.1) is 0 Å². The van der Waals surface area contributed by atoms with Gasteiger partial charge < -0.3 is 15.7 Å². The van der Waals surface area contributed by atoms with Crippen molar-refractivity contribution in [3.05, 3.63) is 18.0 Å². The standard InChI is InChI=1S/C10H16N4O3/c1-3-8(9(15)16)13-10(17)11-6-7-4-5-12-14(7)2/h4-5,8H,3,6H2,1-2H3,(H,15,16)(H2,11,13,17)/t8-/m0/s1. The second-order valence-corrected chi connectivity index (χ2v) is 3.57. The second-order valence-electron chi connectivity index (χ2n) is 3.57. The Morgan fingerprint density at radius 2 is 2.29 bits per heavy atom. The zero-order chi connectivity index (χ0) is 12.8. The van der Waals surface area contributed by atoms with Crippen LogP contribution >= 0.6 is 0 Å². The third kappa shape index (κ3) is 3.78. The number of rotatable bonds is 5. The monoisotopic (exact) mass is 240 g/mol. The molecule has 0 spiro atoms. The summed E-state index contributed by atoms with van der Waals surface area (Å²) in [6.07, 6.45) is 1.97. The van der Waals surface area contributed by atoms with Crippen molar-refractivity contribution in [2.75, 3.05) is 0 Å². The van der Waals surface area contributed by atoms with Crippen LogP contribution in [0.25, 0.3) is 0 Å². The van der Waals surface area contributed by atoms with E-state index < -0.39 is 18.0 Å². The molecule has 0 radical (unpaired) electrons. The fourth-order valence-electron chi connectivity index (χ4n) is 1.29. The summed E-state index contributed by atoms with van der Waals surface area (Å²) in [6, 6.07) is 0.413. The third-order valence-corrected chi connectivity index (χ3v) is 2.36. The molecule has 0 fully saturated rings. The number of aliphatic carboxylic acids is 1. The van der Waals surface area contributed by atoms with Crippen LogP contribution in [0.15, 0.2) is 12.3 Å². The summed E-state index contributed by atoms with van der Waals surface area (Å²) in [5.41, 5.74) is 0.837. The number of carbonyl (C=O) groups excluding carboxylic acids is 1. The quantitative estimate of drug-likeness (QED) is 0.679. The molecule has 0 bridgehead atoms. The van der Waals surface area contributed by atoms with E-state index in [1.54, 1.807) is 30.9 Å². The zero-order valence-electron chi connectivity index (χ0n) is 9.80. The lowest BCUT2D eigenvalue weighted by Gasteiger charge is -2.13. The number of amides is 2. The Balaban J connectivity index is 2.40. The van der Waals surface area contributed by atoms with Crippen molar-refractivity contribution in [1.29, 1.82) is 0 Å². The molecule has 0 saturated heterocycles. The van der Waals surface area contributed by atoms with E-state index in [1.807, 2.05) is 0 Å². The van der Waals surface area contributed by atoms with E-state index in [0.29, 0.717) is 13.0 Å². The SMILES string of the molecule is CC[C@H](NC(=O)NCc1ccnn1C)C(=O)O. The maximum absolute atomic E-state index is 11.4. The maximum atomic E-state index is 11.4. The van der Waals surface area contributed by atoms with Crippen LogP contribution in [-0.2, 0) is 18.4 Å². The highest BCUT2D eigenvalue weighted by Crippen LogP contribution is 1.95. The molecule has 1 heterocycles. The highest BCUT2D eigenvalue weighted by Gasteiger charge is 2.17. The molecule has 94 valence electrons. The lowest BCUT2D eigenvalue weighted by atomic mass is 10.2. The molecule has 1 aromatic heterocycles. The number of carboxylic acid groups (broad SMARTS) is 1. The molecular weight excluding hydrogens is 224 g/mol. The van der Waals surface area contributed by atoms with E-state index in [9.17, 15) is 9.59 Å². The number of aromatic nitrogens is 2. The molecule has 1 atom stereocenters. The van der Waals surface area contributed by atoms with Crippen LogP contribution in [-0.4, -0.2) is 32.9 Å². The van der Waals surface area contributed by atoms with Crippen molar-refractivity contribution >= 4 is 12.0 Å². The molecule has 0 aliphatic rings. The molecule has 7 nitrogen and oxygen atoms in total. The number of urea groups is 1. The Morgan fingerprint density at radius 3 is 2.76 bits per heavy atom. The first-order valence-electron chi connectivity index (χ1n) is 5.28. The Morgan fingerprint density at radius 1 is 1.59 bits per heavy atom. The van der Waals surface area contributed by atoms with Crippen LogP contribution in [0.3, 0.4) is 0 Å². The first-order valence-corrected chi connectivity index (χ1v) is 5.28. The fourth-order valence-corrected chi connectivity index (χ4v) is 1.29. The van der Waals surface area contributed by atoms with Gasteiger partial charge in [-0.1, -0.05) is 6.92 Å². The summed E-state index contributed by atoms with van der Waals surface area (Å²) in [5.74, 6) is -1.04. The Labute approximate surface area is 98.8 Å². The van der Waals surface area contributed by atoms with E-state index in [1.165, 1.54) is 0 Å². The molecule has 2 amide bonds. The fraction of sp³-hybridized carbons (Fsp3) is 0.500. The van der Waals surface area contributed by atoms with Gasteiger partial charge in [-0.15, -0.1) is 0 Å². The predicted octanol–water partition coefficient (Wildman–Crippen LogP) is 0.0825. The number of aryl methyl sites for hydroxylation is 1. The Kier molecular flexibility index (Phi) is 4.50. The van der Waals surface area contributed by atoms with Crippen LogP contribution in [0.5, 0.6) is 0 Å². The van der Waals surface area contributed by atoms with E-state index in [-0.39, 0.29) is 0 Å². The molecular formula is C10H16N4O3. The summed E-state index contributed by atoms with van der Waals surface area (Å²) in [5, 5.41) is 17.7. The normalized spacial score (nSPS) is 11.9. The van der Waals surface area contributed by atoms with Gasteiger partial charge in [0, 0.05) is 13.2 Å². The Hall–Kier alpha value is -2.05. The third-order valence-electron chi connectivity index (χ3n) is 2.36. The minimum atomic E-state index is -1.04. The largest absolute Gasteiger partial charge is 0.480 e. The van der Waals surface area contributed by atoms with Crippen molar-refractivity contribution in [3.63, 3.8) is 0 Å². The van der Waals surface area contributed by atoms with Crippen LogP contribution in [0.2, 0.25) is 0 Å². The van der Waals surface area contributed by atoms with Gasteiger partial charge in [-0.25, -0.2) is 9.59 Å². The molecule has 0 aromatic carbocycles. The molecule has 3 N–H and O–H groups in total. The number of carbonyl (C=O) groups is 2. The summed E-state index contributed by atoms with van der Waals surface area (Å²) in [6.45, 7) is 2.00. The van der Waals surface area contributed by atoms with Gasteiger partial charge in [-0.2, -0.15) is 5.10 Å². The van der Waals surface area contributed by atoms with E-state index >= 15 is 0 Å². The average Bonchev–Trinajstić information content (AvgIpc) is 2.68. The molecule has 7 heteroatoms. The van der Waals surface area contributed by atoms with Crippen molar-refractivity contribution in [3.8, 4) is 0 Å². The first-order chi connectivity index (χ1) is 8.04. The highest BCUT2D eigenvalue weighted by molar-refractivity contribution is 5.82. The summed E-state index contributed by atoms with van der Waals surface area (Å²) in [7, 11) is 1.76. The Bertz CT molecular complexity index is 402. The topological polar surface area (TPSA) is 96.3 Å². The minimum absolute atomic E-state index is 0.304. The molecule has 1 aromatic rings. The second kappa shape index (κ2) is 5.88. The molecule has 0 aliphatic heterocycles. The van der Waals surface area contributed by atoms with Crippen molar-refractivity contribution in [2.24, 2.45) is 7.05 Å². The van der Waals surface area contributed by atoms with Gasteiger partial charge in [-0.05, 0) is 12.5 Å². The smallest absolute Gasteiger partial charge is 0.326 e. The molecule has 17 heavy (non-hydrogen) atoms. The zero-order valence-corrected chi connectivity index (χ0v) is 9.80. The van der Waals surface area contributed by atoms with Crippen LogP contribution < -0.4 is 10.6 Å². The number of hydrogen-bond donors (Lipinski definition) is 3. The lowest BCUT2D eigenvalue weighted by molar-refractivity contribution is -0.139. The van der Waals surface area contributed by atoms with Crippen molar-refractivity contribution in [2.45, 2.75) is 25.9 Å². The van der Waals surface area contributed by atoms with Gasteiger partial charge in [-0.3, -0.25) is 4.68 Å². The summed E-state index contributed by atoms with van der Waals surface area (Å²) in [4.78, 5) is 22.1. The van der Waals surface area contributed by atoms with Crippen LogP contribution in [0.4, 0.5) is 4.79 Å². The number of nitrogens with zero attached hydrogens (tertiary/aromatic N) is 2. The van der Waals surface area contributed by atoms with E-state index in [4.69, 9.17) is 5.11 Å². The number of carboxylic acids is 1. The lowest BCUT2D eigenvalue weighted by Crippen LogP contribution is -2.45. The van der Waals surface area contributed by atoms with E-state index in [2.05, 4.69) is 15.7 Å². The summed E-state index contributed by atoms with van der Waals surface area (Å²) < 4.78 is 1.63. The van der Waals surface area contributed by atoms with Gasteiger partial charge in [0.15, 0.2) is 0 Å². The van der Waals surface area contributed by atoms with Gasteiger partial charge in [0.25, 0.3) is 0 Å². The maximum Gasteiger partial charge on any atom is 0.326 e. The first kappa shape index (κ1) is 13.0. The minimum Gasteiger partial charge on any atom is -0.480 e. The van der Waals surface area contributed by atoms with Gasteiger partial charge in [0.1, 0.15) is 6.04 Å². The van der Waals surface area contributed by atoms with Gasteiger partial charge >= 0.3 is 12.0 Å². The van der Waals surface area contributed by atoms with Crippen molar-refractivity contribution < 1.29 is 14.7 Å². The van der Waals surface area contributed by atoms with Crippen molar-refractivity contribution in [1.82, 2.24) is 20.4 Å². The van der Waals surface area contributed by atoms with Crippen LogP contribution in [0.1, 0.15) is 19.0 Å². The van der Waals surface area contributed by atoms with Gasteiger partial charge in [0.05, 0.1) is 12.2 Å². The molecule has 0 aliphatic carbocycles. The van der Waals surface area contributed by atoms with E-state index in [0.717, 1.165) is 5.69 Å². The average molecular weight is 240 g/mol. The molecule has 0 unspecified atom stereocenters. The molecule has 0 saturated carbocycles. The van der Waals surface area contributed by atoms with Gasteiger partial charge in [0.2, 0.25) is 0 Å². The number of nitrogens with one attached hydrogen (secondary N) is 2. The predicted molar refractivity (Wildman–Crippen MR) is 60.3 cm³/mol.